The molecule has 84 valence electrons. The number of hydrogen-bond donors (Lipinski definition) is 2. The lowest BCUT2D eigenvalue weighted by atomic mass is 10.1. The van der Waals surface area contributed by atoms with Crippen molar-refractivity contribution in [3.8, 4) is 0 Å². The number of hydrogen-bond acceptors (Lipinski definition) is 6. The van der Waals surface area contributed by atoms with Gasteiger partial charge in [-0.2, -0.15) is 0 Å². The molecule has 0 bridgehead atoms. The average molecular weight is 217 g/mol. The summed E-state index contributed by atoms with van der Waals surface area (Å²) in [7, 11) is 1.15. The third-order valence-corrected chi connectivity index (χ3v) is 2.16. The summed E-state index contributed by atoms with van der Waals surface area (Å²) in [6.07, 6.45) is -3.32. The molecule has 1 rings (SSSR count). The molecule has 0 aliphatic carbocycles. The Morgan fingerprint density at radius 2 is 2.40 bits per heavy atom. The summed E-state index contributed by atoms with van der Waals surface area (Å²) in [6.45, 7) is -0.466. The lowest BCUT2D eigenvalue weighted by Gasteiger charge is -2.11. The van der Waals surface area contributed by atoms with E-state index in [4.69, 9.17) is 15.4 Å². The molecule has 0 amide bonds. The highest BCUT2D eigenvalue weighted by atomic mass is 16.6. The third kappa shape index (κ3) is 2.18. The average Bonchev–Trinajstić information content (AvgIpc) is 2.56. The van der Waals surface area contributed by atoms with E-state index in [1.54, 1.807) is 0 Å². The topological polar surface area (TPSA) is 125 Å². The molecular formula is C7H11N3O5. The highest BCUT2D eigenvalue weighted by molar-refractivity contribution is 5.76. The molecule has 0 aromatic heterocycles. The maximum absolute atomic E-state index is 11.2. The molecule has 4 unspecified atom stereocenters. The molecule has 0 aromatic rings. The molecular weight excluding hydrogens is 206 g/mol. The van der Waals surface area contributed by atoms with Crippen molar-refractivity contribution in [2.24, 2.45) is 5.11 Å². The minimum Gasteiger partial charge on any atom is -0.467 e. The van der Waals surface area contributed by atoms with Gasteiger partial charge in [-0.1, -0.05) is 5.11 Å². The van der Waals surface area contributed by atoms with Gasteiger partial charge in [0.05, 0.1) is 19.8 Å². The molecule has 0 radical (unpaired) electrons. The molecule has 8 nitrogen and oxygen atoms in total. The number of carbonyl (C=O) groups is 1. The fourth-order valence-corrected chi connectivity index (χ4v) is 1.40. The summed E-state index contributed by atoms with van der Waals surface area (Å²) in [5.41, 5.74) is 8.25. The van der Waals surface area contributed by atoms with Gasteiger partial charge < -0.3 is 19.7 Å². The number of methoxy groups -OCH3 is 1. The van der Waals surface area contributed by atoms with Crippen molar-refractivity contribution < 1.29 is 24.5 Å². The van der Waals surface area contributed by atoms with Crippen LogP contribution in [0.3, 0.4) is 0 Å². The van der Waals surface area contributed by atoms with Crippen molar-refractivity contribution in [1.29, 1.82) is 0 Å². The zero-order valence-electron chi connectivity index (χ0n) is 7.98. The van der Waals surface area contributed by atoms with Crippen LogP contribution in [0.1, 0.15) is 0 Å². The quantitative estimate of drug-likeness (QED) is 0.270. The number of azide groups is 1. The zero-order valence-corrected chi connectivity index (χ0v) is 7.98. The molecule has 1 saturated heterocycles. The summed E-state index contributed by atoms with van der Waals surface area (Å²) in [5, 5.41) is 21.6. The van der Waals surface area contributed by atoms with Crippen LogP contribution in [0.15, 0.2) is 5.11 Å². The number of aliphatic hydroxyl groups is 2. The minimum atomic E-state index is -1.21. The van der Waals surface area contributed by atoms with Crippen LogP contribution in [0, 0.1) is 0 Å². The Hall–Kier alpha value is -1.34. The first-order valence-corrected chi connectivity index (χ1v) is 4.22. The number of ether oxygens (including phenoxy) is 2. The van der Waals surface area contributed by atoms with Crippen molar-refractivity contribution in [1.82, 2.24) is 0 Å². The molecule has 0 aromatic carbocycles. The van der Waals surface area contributed by atoms with E-state index in [-0.39, 0.29) is 0 Å². The van der Waals surface area contributed by atoms with Gasteiger partial charge in [-0.05, 0) is 5.53 Å². The predicted octanol–water partition coefficient (Wildman–Crippen LogP) is -1.04. The van der Waals surface area contributed by atoms with Crippen LogP contribution in [0.5, 0.6) is 0 Å². The van der Waals surface area contributed by atoms with Crippen molar-refractivity contribution in [3.05, 3.63) is 10.4 Å². The minimum absolute atomic E-state index is 0.466. The molecule has 0 spiro atoms. The summed E-state index contributed by atoms with van der Waals surface area (Å²) in [4.78, 5) is 13.7. The van der Waals surface area contributed by atoms with Gasteiger partial charge in [0.2, 0.25) is 0 Å². The number of aliphatic hydroxyl groups excluding tert-OH is 2. The van der Waals surface area contributed by atoms with Crippen LogP contribution in [-0.2, 0) is 14.3 Å². The molecule has 1 aliphatic heterocycles. The Morgan fingerprint density at radius 3 is 2.87 bits per heavy atom. The van der Waals surface area contributed by atoms with Gasteiger partial charge in [0, 0.05) is 4.91 Å². The highest BCUT2D eigenvalue weighted by Crippen LogP contribution is 2.24. The molecule has 2 N–H and O–H groups in total. The van der Waals surface area contributed by atoms with Crippen LogP contribution in [-0.4, -0.2) is 54.3 Å². The van der Waals surface area contributed by atoms with E-state index in [0.29, 0.717) is 0 Å². The van der Waals surface area contributed by atoms with E-state index in [2.05, 4.69) is 14.8 Å². The predicted molar refractivity (Wildman–Crippen MR) is 46.7 cm³/mol. The normalized spacial score (nSPS) is 34.6. The monoisotopic (exact) mass is 217 g/mol. The van der Waals surface area contributed by atoms with Crippen molar-refractivity contribution in [3.63, 3.8) is 0 Å². The third-order valence-electron chi connectivity index (χ3n) is 2.16. The maximum Gasteiger partial charge on any atom is 0.335 e. The molecule has 1 fully saturated rings. The fourth-order valence-electron chi connectivity index (χ4n) is 1.40. The largest absolute Gasteiger partial charge is 0.467 e. The van der Waals surface area contributed by atoms with Crippen molar-refractivity contribution in [2.75, 3.05) is 13.7 Å². The Bertz CT molecular complexity index is 290. The first-order valence-electron chi connectivity index (χ1n) is 4.22. The lowest BCUT2D eigenvalue weighted by Crippen LogP contribution is -2.35. The number of rotatable bonds is 3. The van der Waals surface area contributed by atoms with E-state index in [1.807, 2.05) is 0 Å². The summed E-state index contributed by atoms with van der Waals surface area (Å²) < 4.78 is 9.41. The van der Waals surface area contributed by atoms with E-state index >= 15 is 0 Å². The summed E-state index contributed by atoms with van der Waals surface area (Å²) >= 11 is 0. The Morgan fingerprint density at radius 1 is 1.73 bits per heavy atom. The Kier molecular flexibility index (Phi) is 3.87. The van der Waals surface area contributed by atoms with E-state index in [9.17, 15) is 9.90 Å². The van der Waals surface area contributed by atoms with Crippen LogP contribution >= 0.6 is 0 Å². The van der Waals surface area contributed by atoms with E-state index in [0.717, 1.165) is 7.11 Å². The molecule has 8 heteroatoms. The SMILES string of the molecule is COC(=O)C1OC(CO)C(O)C1N=[N+]=[N-]. The Labute approximate surface area is 85.0 Å². The maximum atomic E-state index is 11.2. The standard InChI is InChI=1S/C7H11N3O5/c1-14-7(13)6-4(9-10-8)5(12)3(2-11)15-6/h3-6,11-12H,2H2,1H3. The zero-order chi connectivity index (χ0) is 11.4. The second kappa shape index (κ2) is 4.94. The molecule has 15 heavy (non-hydrogen) atoms. The van der Waals surface area contributed by atoms with Crippen LogP contribution < -0.4 is 0 Å². The van der Waals surface area contributed by atoms with Gasteiger partial charge >= 0.3 is 5.97 Å². The lowest BCUT2D eigenvalue weighted by molar-refractivity contribution is -0.154. The summed E-state index contributed by atoms with van der Waals surface area (Å²) in [6, 6.07) is -1.07. The van der Waals surface area contributed by atoms with Crippen LogP contribution in [0.2, 0.25) is 0 Å². The fraction of sp³-hybridized carbons (Fsp3) is 0.857. The van der Waals surface area contributed by atoms with Gasteiger partial charge in [0.15, 0.2) is 6.10 Å². The number of nitrogens with zero attached hydrogens (tertiary/aromatic N) is 3. The molecule has 0 saturated carbocycles. The molecule has 1 heterocycles. The van der Waals surface area contributed by atoms with Gasteiger partial charge in [0.1, 0.15) is 12.1 Å². The highest BCUT2D eigenvalue weighted by Gasteiger charge is 2.47. The van der Waals surface area contributed by atoms with Crippen LogP contribution in [0.25, 0.3) is 10.4 Å². The van der Waals surface area contributed by atoms with E-state index < -0.39 is 36.9 Å². The first kappa shape index (κ1) is 11.7. The van der Waals surface area contributed by atoms with Gasteiger partial charge in [0.25, 0.3) is 0 Å². The van der Waals surface area contributed by atoms with Gasteiger partial charge in [-0.3, -0.25) is 0 Å². The van der Waals surface area contributed by atoms with Gasteiger partial charge in [-0.15, -0.1) is 0 Å². The van der Waals surface area contributed by atoms with Crippen LogP contribution in [0.4, 0.5) is 0 Å². The molecule has 4 atom stereocenters. The first-order chi connectivity index (χ1) is 7.15. The summed E-state index contributed by atoms with van der Waals surface area (Å²) in [5.74, 6) is -0.748. The smallest absolute Gasteiger partial charge is 0.335 e. The Balaban J connectivity index is 2.86. The number of carbonyl (C=O) groups excluding carboxylic acids is 1. The second-order valence-corrected chi connectivity index (χ2v) is 2.99. The molecule has 1 aliphatic rings. The number of esters is 1. The van der Waals surface area contributed by atoms with E-state index in [1.165, 1.54) is 0 Å². The second-order valence-electron chi connectivity index (χ2n) is 2.99. The van der Waals surface area contributed by atoms with Gasteiger partial charge in [-0.25, -0.2) is 4.79 Å². The van der Waals surface area contributed by atoms with Crippen molar-refractivity contribution in [2.45, 2.75) is 24.4 Å². The van der Waals surface area contributed by atoms with Crippen molar-refractivity contribution >= 4 is 5.97 Å².